The number of rotatable bonds is 26. The van der Waals surface area contributed by atoms with E-state index in [1.54, 1.807) is 7.11 Å². The van der Waals surface area contributed by atoms with Gasteiger partial charge < -0.3 is 37.9 Å². The summed E-state index contributed by atoms with van der Waals surface area (Å²) in [4.78, 5) is 52.4. The summed E-state index contributed by atoms with van der Waals surface area (Å²) in [5.74, 6) is 2.07. The summed E-state index contributed by atoms with van der Waals surface area (Å²) in [5, 5.41) is 0. The molecule has 12 aromatic carbocycles. The molecule has 3 aliphatic carbocycles. The lowest BCUT2D eigenvalue weighted by molar-refractivity contribution is -0.162. The maximum absolute atomic E-state index is 14.5. The molecule has 0 saturated heterocycles. The summed E-state index contributed by atoms with van der Waals surface area (Å²) in [6.45, 7) is 19.8. The number of aryl methyl sites for hydroxylation is 10. The Morgan fingerprint density at radius 2 is 0.743 bits per heavy atom. The maximum Gasteiger partial charge on any atom is 0.345 e. The van der Waals surface area contributed by atoms with Crippen molar-refractivity contribution in [2.24, 2.45) is 0 Å². The highest BCUT2D eigenvalue weighted by atomic mass is 32.2. The molecule has 0 fully saturated rings. The smallest absolute Gasteiger partial charge is 0.345 e. The zero-order chi connectivity index (χ0) is 78.7. The van der Waals surface area contributed by atoms with Crippen molar-refractivity contribution in [2.75, 3.05) is 26.9 Å². The zero-order valence-corrected chi connectivity index (χ0v) is 68.5. The van der Waals surface area contributed by atoms with Crippen LogP contribution in [-0.4, -0.2) is 44.8 Å². The van der Waals surface area contributed by atoms with Crippen LogP contribution in [-0.2, 0) is 104 Å². The SMILES string of the molecule is COc1cc2c(c(-c3cccc([S+](c4ccccc4)c4cc(C)c(OCC(=O)OC5(C)CCc6ccc(C)cc65)c(C)c4)c3)c1)C(C)(OC(=O)COc1c(C)cc([S+](c3ccccc3)c3cccc(COc4cccc5c4C(C)(OC(=O)COc4c(C)cc([S+](c6ccccc6)c6ccccc6)cc4C)CC5)c3)cc1C)CC2. The number of fused-ring (bicyclic) bond motifs is 3. The summed E-state index contributed by atoms with van der Waals surface area (Å²) in [6.07, 6.45) is 4.21. The molecule has 11 nitrogen and oxygen atoms in total. The lowest BCUT2D eigenvalue weighted by Crippen LogP contribution is -2.30. The fraction of sp³-hybridized carbons (Fsp3) is 0.242. The molecule has 12 aromatic rings. The molecule has 0 saturated carbocycles. The highest BCUT2D eigenvalue weighted by Crippen LogP contribution is 2.50. The topological polar surface area (TPSA) is 125 Å². The van der Waals surface area contributed by atoms with E-state index in [0.29, 0.717) is 42.3 Å². The molecule has 0 aliphatic heterocycles. The van der Waals surface area contributed by atoms with Gasteiger partial charge in [0, 0.05) is 59.7 Å². The fourth-order valence-electron chi connectivity index (χ4n) is 16.7. The van der Waals surface area contributed by atoms with Crippen molar-refractivity contribution in [3.05, 3.63) is 333 Å². The van der Waals surface area contributed by atoms with Gasteiger partial charge in [-0.05, 0) is 259 Å². The molecule has 0 spiro atoms. The standard InChI is InChI=1S/C99H95O11S3/c1-64-41-42-72-43-46-97(8,87(72)49-64)108-89(100)61-105-95-69(6)54-85(55-70(95)7)113(80-36-22-15-23-37-80)82-39-25-29-74(58-82)86-59-76(103-11)57-75-45-48-98(9,92(75)86)109-90(101)62-106-96-67(4)52-84(53-68(96)5)112(79-34-20-14-21-35-79)81-38-24-27-71(56-81)60-104-88-40-26-28-73-44-47-99(10,93(73)88)110-91(102)63-107-94-65(2)50-83(51-66(94)3)111(77-30-16-12-17-31-77)78-32-18-13-19-33-78/h12-42,49-59H,43-48,60-63H2,1-11H3/q+3. The van der Waals surface area contributed by atoms with Crippen LogP contribution in [0.5, 0.6) is 28.7 Å². The van der Waals surface area contributed by atoms with Gasteiger partial charge in [0.2, 0.25) is 0 Å². The Morgan fingerprint density at radius 3 is 1.22 bits per heavy atom. The Hall–Kier alpha value is -10.9. The Balaban J connectivity index is 0.616. The van der Waals surface area contributed by atoms with Crippen LogP contribution in [0.3, 0.4) is 0 Å². The molecule has 0 bridgehead atoms. The number of hydrogen-bond donors (Lipinski definition) is 0. The second-order valence-corrected chi connectivity index (χ2v) is 36.5. The second-order valence-electron chi connectivity index (χ2n) is 30.4. The molecule has 14 heteroatoms. The number of hydrogen-bond acceptors (Lipinski definition) is 11. The fourth-order valence-corrected chi connectivity index (χ4v) is 23.6. The minimum Gasteiger partial charge on any atom is -0.497 e. The molecule has 15 rings (SSSR count). The lowest BCUT2D eigenvalue weighted by Gasteiger charge is -2.28. The van der Waals surface area contributed by atoms with Gasteiger partial charge in [-0.1, -0.05) is 133 Å². The first-order valence-electron chi connectivity index (χ1n) is 38.7. The predicted molar refractivity (Wildman–Crippen MR) is 449 cm³/mol. The van der Waals surface area contributed by atoms with Gasteiger partial charge in [-0.25, -0.2) is 14.4 Å². The number of methoxy groups -OCH3 is 1. The molecule has 0 radical (unpaired) electrons. The van der Waals surface area contributed by atoms with E-state index in [-0.39, 0.29) is 37.3 Å². The highest BCUT2D eigenvalue weighted by Gasteiger charge is 2.45. The van der Waals surface area contributed by atoms with Crippen LogP contribution in [0.2, 0.25) is 0 Å². The monoisotopic (exact) mass is 1560 g/mol. The summed E-state index contributed by atoms with van der Waals surface area (Å²) < 4.78 is 51.3. The quantitative estimate of drug-likeness (QED) is 0.0292. The minimum atomic E-state index is -0.986. The van der Waals surface area contributed by atoms with Gasteiger partial charge in [0.25, 0.3) is 0 Å². The van der Waals surface area contributed by atoms with Crippen molar-refractivity contribution in [3.8, 4) is 39.9 Å². The molecule has 0 amide bonds. The van der Waals surface area contributed by atoms with E-state index in [1.807, 2.05) is 98.7 Å². The average molecular weight is 1560 g/mol. The van der Waals surface area contributed by atoms with E-state index >= 15 is 0 Å². The van der Waals surface area contributed by atoms with E-state index in [2.05, 4.69) is 225 Å². The van der Waals surface area contributed by atoms with Crippen LogP contribution in [0.4, 0.5) is 0 Å². The molecule has 113 heavy (non-hydrogen) atoms. The van der Waals surface area contributed by atoms with Gasteiger partial charge in [-0.3, -0.25) is 0 Å². The summed E-state index contributed by atoms with van der Waals surface area (Å²) >= 11 is 0. The molecule has 0 heterocycles. The molecule has 0 N–H and O–H groups in total. The van der Waals surface area contributed by atoms with E-state index in [0.717, 1.165) is 138 Å². The molecule has 0 aromatic heterocycles. The Morgan fingerprint density at radius 1 is 0.345 bits per heavy atom. The Kier molecular flexibility index (Phi) is 22.6. The zero-order valence-electron chi connectivity index (χ0n) is 66.0. The Labute approximate surface area is 673 Å². The largest absolute Gasteiger partial charge is 0.497 e. The van der Waals surface area contributed by atoms with Gasteiger partial charge in [0.05, 0.1) is 39.8 Å². The van der Waals surface area contributed by atoms with Crippen molar-refractivity contribution in [1.82, 2.24) is 0 Å². The number of carbonyl (C=O) groups excluding carboxylic acids is 3. The van der Waals surface area contributed by atoms with Gasteiger partial charge in [-0.15, -0.1) is 0 Å². The van der Waals surface area contributed by atoms with Crippen molar-refractivity contribution in [1.29, 1.82) is 0 Å². The normalized spacial score (nSPS) is 17.1. The van der Waals surface area contributed by atoms with E-state index in [9.17, 15) is 14.4 Å². The summed E-state index contributed by atoms with van der Waals surface area (Å²) in [7, 11) is 0.226. The molecular formula is C99H95O11S3+3. The number of carbonyl (C=O) groups is 3. The first-order chi connectivity index (χ1) is 54.6. The molecule has 572 valence electrons. The van der Waals surface area contributed by atoms with Gasteiger partial charge in [0.15, 0.2) is 63.9 Å². The third kappa shape index (κ3) is 16.5. The van der Waals surface area contributed by atoms with Crippen molar-refractivity contribution in [3.63, 3.8) is 0 Å². The maximum atomic E-state index is 14.5. The van der Waals surface area contributed by atoms with E-state index in [1.165, 1.54) is 20.2 Å². The van der Waals surface area contributed by atoms with Crippen LogP contribution in [0.15, 0.2) is 299 Å². The molecule has 3 aliphatic rings. The second kappa shape index (κ2) is 33.0. The van der Waals surface area contributed by atoms with Crippen molar-refractivity contribution >= 4 is 50.6 Å². The van der Waals surface area contributed by atoms with Crippen LogP contribution in [0.1, 0.15) is 118 Å². The van der Waals surface area contributed by atoms with Crippen molar-refractivity contribution in [2.45, 2.75) is 175 Å². The van der Waals surface area contributed by atoms with Crippen LogP contribution >= 0.6 is 0 Å². The lowest BCUT2D eigenvalue weighted by atomic mass is 9.89. The van der Waals surface area contributed by atoms with Crippen LogP contribution in [0.25, 0.3) is 11.1 Å². The van der Waals surface area contributed by atoms with Gasteiger partial charge in [0.1, 0.15) is 52.2 Å². The average Bonchev–Trinajstić information content (AvgIpc) is 1.59. The predicted octanol–water partition coefficient (Wildman–Crippen LogP) is 21.7. The van der Waals surface area contributed by atoms with Crippen LogP contribution < -0.4 is 23.7 Å². The summed E-state index contributed by atoms with van der Waals surface area (Å²) in [5.41, 5.74) is 13.2. The first-order valence-corrected chi connectivity index (χ1v) is 42.4. The van der Waals surface area contributed by atoms with Gasteiger partial charge in [-0.2, -0.15) is 0 Å². The van der Waals surface area contributed by atoms with E-state index < -0.39 is 56.5 Å². The van der Waals surface area contributed by atoms with E-state index in [4.69, 9.17) is 37.9 Å². The number of ether oxygens (including phenoxy) is 8. The molecule has 5 unspecified atom stereocenters. The molecular weight excluding hydrogens is 1460 g/mol. The highest BCUT2D eigenvalue weighted by molar-refractivity contribution is 7.97. The number of esters is 3. The number of benzene rings is 12. The first kappa shape index (κ1) is 77.4. The Bertz CT molecular complexity index is 5450. The molecule has 5 atom stereocenters. The van der Waals surface area contributed by atoms with Crippen molar-refractivity contribution < 1.29 is 52.3 Å². The third-order valence-corrected chi connectivity index (χ3v) is 28.4. The third-order valence-electron chi connectivity index (χ3n) is 21.9. The van der Waals surface area contributed by atoms with Gasteiger partial charge >= 0.3 is 17.9 Å². The minimum absolute atomic E-state index is 0.204. The summed E-state index contributed by atoms with van der Waals surface area (Å²) in [6, 6.07) is 89.1. The van der Waals surface area contributed by atoms with Crippen LogP contribution in [0, 0.1) is 48.5 Å².